The molecule has 1 saturated carbocycles. The number of carbonyl (C=O) groups is 3. The van der Waals surface area contributed by atoms with Gasteiger partial charge in [-0.05, 0) is 55.2 Å². The number of nitrogens with one attached hydrogen (secondary N) is 3. The van der Waals surface area contributed by atoms with E-state index in [1.807, 2.05) is 24.3 Å². The number of nitrogens with zero attached hydrogens (tertiary/aromatic N) is 2. The Morgan fingerprint density at radius 3 is 2.49 bits per heavy atom. The lowest BCUT2D eigenvalue weighted by atomic mass is 10.1. The van der Waals surface area contributed by atoms with Crippen molar-refractivity contribution in [2.75, 3.05) is 45.9 Å². The van der Waals surface area contributed by atoms with Gasteiger partial charge in [-0.1, -0.05) is 24.0 Å². The molecular formula is C34H39F2N5O4. The molecule has 45 heavy (non-hydrogen) atoms. The summed E-state index contributed by atoms with van der Waals surface area (Å²) >= 11 is 0. The molecule has 4 atom stereocenters. The molecule has 3 heterocycles. The van der Waals surface area contributed by atoms with Gasteiger partial charge in [0.25, 0.3) is 5.91 Å². The van der Waals surface area contributed by atoms with E-state index in [0.717, 1.165) is 51.3 Å². The Kier molecular flexibility index (Phi) is 9.73. The quantitative estimate of drug-likeness (QED) is 0.391. The van der Waals surface area contributed by atoms with Crippen LogP contribution in [0.4, 0.5) is 8.78 Å². The first kappa shape index (κ1) is 31.1. The predicted molar refractivity (Wildman–Crippen MR) is 163 cm³/mol. The van der Waals surface area contributed by atoms with Gasteiger partial charge < -0.3 is 25.6 Å². The van der Waals surface area contributed by atoms with Gasteiger partial charge in [0.1, 0.15) is 12.0 Å². The maximum atomic E-state index is 14.9. The van der Waals surface area contributed by atoms with Crippen LogP contribution < -0.4 is 16.0 Å². The maximum Gasteiger partial charge on any atom is 0.251 e. The predicted octanol–water partition coefficient (Wildman–Crippen LogP) is 1.98. The molecule has 4 aliphatic rings. The third-order valence-electron chi connectivity index (χ3n) is 8.90. The highest BCUT2D eigenvalue weighted by Gasteiger charge is 2.42. The largest absolute Gasteiger partial charge is 0.379 e. The Morgan fingerprint density at radius 1 is 1.02 bits per heavy atom. The van der Waals surface area contributed by atoms with Crippen LogP contribution in [0.15, 0.2) is 42.5 Å². The summed E-state index contributed by atoms with van der Waals surface area (Å²) in [4.78, 5) is 42.6. The van der Waals surface area contributed by atoms with Gasteiger partial charge in [-0.3, -0.25) is 19.3 Å². The maximum absolute atomic E-state index is 14.9. The number of hydrogen-bond acceptors (Lipinski definition) is 6. The number of morpholine rings is 1. The molecular weight excluding hydrogens is 580 g/mol. The number of carbonyl (C=O) groups excluding carboxylic acids is 3. The van der Waals surface area contributed by atoms with E-state index in [2.05, 4.69) is 32.7 Å². The molecule has 3 saturated heterocycles. The van der Waals surface area contributed by atoms with Crippen LogP contribution in [0.5, 0.6) is 0 Å². The number of amides is 3. The van der Waals surface area contributed by atoms with E-state index in [9.17, 15) is 23.2 Å². The highest BCUT2D eigenvalue weighted by Crippen LogP contribution is 2.33. The average molecular weight is 620 g/mol. The van der Waals surface area contributed by atoms with Crippen LogP contribution in [-0.4, -0.2) is 97.8 Å². The van der Waals surface area contributed by atoms with Gasteiger partial charge >= 0.3 is 0 Å². The minimum atomic E-state index is -1.05. The number of benzene rings is 2. The normalized spacial score (nSPS) is 25.0. The molecule has 0 spiro atoms. The molecule has 3 amide bonds. The number of halogens is 2. The van der Waals surface area contributed by atoms with Crippen molar-refractivity contribution in [2.24, 2.45) is 5.92 Å². The van der Waals surface area contributed by atoms with Crippen molar-refractivity contribution in [3.8, 4) is 11.8 Å². The molecule has 6 rings (SSSR count). The van der Waals surface area contributed by atoms with Crippen LogP contribution in [-0.2, 0) is 20.9 Å². The molecule has 0 bridgehead atoms. The molecule has 2 aromatic rings. The summed E-state index contributed by atoms with van der Waals surface area (Å²) in [6.07, 6.45) is 1.23. The number of likely N-dealkylation sites (tertiary alicyclic amines) is 1. The smallest absolute Gasteiger partial charge is 0.251 e. The van der Waals surface area contributed by atoms with E-state index in [1.54, 1.807) is 4.90 Å². The minimum absolute atomic E-state index is 0.0165. The van der Waals surface area contributed by atoms with Crippen molar-refractivity contribution >= 4 is 17.7 Å². The van der Waals surface area contributed by atoms with E-state index in [0.29, 0.717) is 13.0 Å². The zero-order valence-electron chi connectivity index (χ0n) is 25.2. The van der Waals surface area contributed by atoms with E-state index < -0.39 is 23.9 Å². The van der Waals surface area contributed by atoms with Crippen molar-refractivity contribution in [3.05, 3.63) is 70.5 Å². The molecule has 2 aromatic carbocycles. The van der Waals surface area contributed by atoms with E-state index in [4.69, 9.17) is 4.74 Å². The summed E-state index contributed by atoms with van der Waals surface area (Å²) in [5.74, 6) is 4.54. The fourth-order valence-corrected chi connectivity index (χ4v) is 6.16. The van der Waals surface area contributed by atoms with Gasteiger partial charge in [0.05, 0.1) is 30.9 Å². The van der Waals surface area contributed by atoms with Crippen LogP contribution in [0.25, 0.3) is 0 Å². The third kappa shape index (κ3) is 8.06. The fourth-order valence-electron chi connectivity index (χ4n) is 6.16. The molecule has 0 aromatic heterocycles. The van der Waals surface area contributed by atoms with Crippen LogP contribution in [0, 0.1) is 23.6 Å². The summed E-state index contributed by atoms with van der Waals surface area (Å²) in [6, 6.07) is 10.9. The first-order chi connectivity index (χ1) is 21.8. The summed E-state index contributed by atoms with van der Waals surface area (Å²) in [6.45, 7) is 4.84. The number of hydrogen-bond donors (Lipinski definition) is 3. The standard InChI is InChI=1S/C34H39F2N5O4/c35-27-16-31(37-18-27)33(43)39-28-17-29(41(21-28)34(44)25-8-9-25)19-38-32(42)26-10-7-24(30(36)15-26)6-5-22-1-3-23(4-2-22)20-40-11-13-45-14-12-40/h1-4,7,10,15,25,27-29,31,37H,8-9,11-14,16-21H2,(H,38,42)(H,39,43)/t27?,28-,29-,31?/m1/s1. The van der Waals surface area contributed by atoms with Crippen molar-refractivity contribution < 1.29 is 27.9 Å². The molecule has 1 aliphatic carbocycles. The van der Waals surface area contributed by atoms with Gasteiger partial charge in [-0.25, -0.2) is 8.78 Å². The van der Waals surface area contributed by atoms with E-state index in [1.165, 1.54) is 23.8 Å². The zero-order chi connectivity index (χ0) is 31.3. The van der Waals surface area contributed by atoms with Gasteiger partial charge in [0, 0.05) is 68.8 Å². The lowest BCUT2D eigenvalue weighted by Gasteiger charge is -2.26. The lowest BCUT2D eigenvalue weighted by Crippen LogP contribution is -2.46. The number of alkyl halides is 1. The molecule has 9 nitrogen and oxygen atoms in total. The second-order valence-electron chi connectivity index (χ2n) is 12.4. The van der Waals surface area contributed by atoms with Gasteiger partial charge in [0.2, 0.25) is 11.8 Å². The molecule has 4 fully saturated rings. The topological polar surface area (TPSA) is 103 Å². The van der Waals surface area contributed by atoms with Gasteiger partial charge in [-0.2, -0.15) is 0 Å². The minimum Gasteiger partial charge on any atom is -0.379 e. The zero-order valence-corrected chi connectivity index (χ0v) is 25.2. The number of ether oxygens (including phenoxy) is 1. The highest BCUT2D eigenvalue weighted by molar-refractivity contribution is 5.94. The molecule has 3 N–H and O–H groups in total. The van der Waals surface area contributed by atoms with Crippen LogP contribution in [0.1, 0.15) is 52.7 Å². The van der Waals surface area contributed by atoms with Crippen LogP contribution in [0.3, 0.4) is 0 Å². The van der Waals surface area contributed by atoms with Crippen molar-refractivity contribution in [2.45, 2.75) is 56.5 Å². The SMILES string of the molecule is O=C(NC[C@H]1C[C@@H](NC(=O)C2CC(F)CN2)CN1C(=O)C1CC1)c1ccc(C#Cc2ccc(CN3CCOCC3)cc2)c(F)c1. The first-order valence-electron chi connectivity index (χ1n) is 15.8. The fraction of sp³-hybridized carbons (Fsp3) is 0.500. The molecule has 2 unspecified atom stereocenters. The van der Waals surface area contributed by atoms with E-state index >= 15 is 0 Å². The highest BCUT2D eigenvalue weighted by atomic mass is 19.1. The molecule has 11 heteroatoms. The van der Waals surface area contributed by atoms with Crippen LogP contribution in [0.2, 0.25) is 0 Å². The van der Waals surface area contributed by atoms with Crippen molar-refractivity contribution in [1.82, 2.24) is 25.8 Å². The van der Waals surface area contributed by atoms with Gasteiger partial charge in [-0.15, -0.1) is 0 Å². The number of rotatable bonds is 8. The Morgan fingerprint density at radius 2 is 1.80 bits per heavy atom. The monoisotopic (exact) mass is 619 g/mol. The summed E-state index contributed by atoms with van der Waals surface area (Å²) in [5, 5.41) is 8.67. The van der Waals surface area contributed by atoms with Crippen LogP contribution >= 0.6 is 0 Å². The summed E-state index contributed by atoms with van der Waals surface area (Å²) in [5.41, 5.74) is 2.29. The Hall–Kier alpha value is -3.85. The van der Waals surface area contributed by atoms with Crippen molar-refractivity contribution in [3.63, 3.8) is 0 Å². The second-order valence-corrected chi connectivity index (χ2v) is 12.4. The first-order valence-corrected chi connectivity index (χ1v) is 15.8. The van der Waals surface area contributed by atoms with Crippen molar-refractivity contribution in [1.29, 1.82) is 0 Å². The average Bonchev–Trinajstić information content (AvgIpc) is 3.68. The van der Waals surface area contributed by atoms with Gasteiger partial charge in [0.15, 0.2) is 0 Å². The Labute approximate surface area is 262 Å². The second kappa shape index (κ2) is 14.1. The third-order valence-corrected chi connectivity index (χ3v) is 8.90. The Balaban J connectivity index is 1.03. The Bertz CT molecular complexity index is 1470. The molecule has 238 valence electrons. The lowest BCUT2D eigenvalue weighted by molar-refractivity contribution is -0.133. The molecule has 3 aliphatic heterocycles. The summed E-state index contributed by atoms with van der Waals surface area (Å²) < 4.78 is 33.9. The summed E-state index contributed by atoms with van der Waals surface area (Å²) in [7, 11) is 0. The van der Waals surface area contributed by atoms with E-state index in [-0.39, 0.29) is 60.5 Å². The molecule has 0 radical (unpaired) electrons.